The first-order valence-corrected chi connectivity index (χ1v) is 6.66. The van der Waals surface area contributed by atoms with Gasteiger partial charge in [-0.25, -0.2) is 0 Å². The minimum Gasteiger partial charge on any atom is -0.359 e. The van der Waals surface area contributed by atoms with E-state index < -0.39 is 7.37 Å². The van der Waals surface area contributed by atoms with Gasteiger partial charge in [0.15, 0.2) is 0 Å². The van der Waals surface area contributed by atoms with Crippen LogP contribution in [0.1, 0.15) is 12.8 Å². The van der Waals surface area contributed by atoms with Crippen molar-refractivity contribution in [2.45, 2.75) is 12.8 Å². The summed E-state index contributed by atoms with van der Waals surface area (Å²) in [5, 5.41) is 4.73. The van der Waals surface area contributed by atoms with Crippen LogP contribution in [0.4, 0.5) is 0 Å². The highest BCUT2D eigenvalue weighted by molar-refractivity contribution is 7.58. The third-order valence-corrected chi connectivity index (χ3v) is 3.78. The number of rotatable bonds is 6. The largest absolute Gasteiger partial charge is 0.359 e. The van der Waals surface area contributed by atoms with E-state index >= 15 is 0 Å². The summed E-state index contributed by atoms with van der Waals surface area (Å²) in [5.74, 6) is -0.548. The highest BCUT2D eigenvalue weighted by Gasteiger charge is 2.20. The van der Waals surface area contributed by atoms with Crippen molar-refractivity contribution in [2.24, 2.45) is 0 Å². The van der Waals surface area contributed by atoms with Crippen molar-refractivity contribution in [1.82, 2.24) is 10.6 Å². The van der Waals surface area contributed by atoms with Gasteiger partial charge >= 0.3 is 0 Å². The summed E-state index contributed by atoms with van der Waals surface area (Å²) in [6, 6.07) is 0. The molecular formula is C8H17N2O4P. The van der Waals surface area contributed by atoms with Crippen LogP contribution in [0.3, 0.4) is 0 Å². The van der Waals surface area contributed by atoms with Crippen molar-refractivity contribution in [1.29, 1.82) is 0 Å². The predicted octanol–water partition coefficient (Wildman–Crippen LogP) is -0.471. The summed E-state index contributed by atoms with van der Waals surface area (Å²) in [7, 11) is -0.413. The Morgan fingerprint density at radius 1 is 1.07 bits per heavy atom. The van der Waals surface area contributed by atoms with Gasteiger partial charge in [0.25, 0.3) is 0 Å². The second kappa shape index (κ2) is 6.58. The molecule has 0 fully saturated rings. The van der Waals surface area contributed by atoms with E-state index in [2.05, 4.69) is 10.6 Å². The Kier molecular flexibility index (Phi) is 6.20. The summed E-state index contributed by atoms with van der Waals surface area (Å²) >= 11 is 0. The van der Waals surface area contributed by atoms with Crippen molar-refractivity contribution in [3.63, 3.8) is 0 Å². The van der Waals surface area contributed by atoms with Crippen LogP contribution in [0.2, 0.25) is 0 Å². The van der Waals surface area contributed by atoms with Gasteiger partial charge in [-0.15, -0.1) is 0 Å². The summed E-state index contributed by atoms with van der Waals surface area (Å²) in [6.45, 7) is 0. The van der Waals surface area contributed by atoms with Gasteiger partial charge in [0.2, 0.25) is 19.2 Å². The summed E-state index contributed by atoms with van der Waals surface area (Å²) in [4.78, 5) is 31.1. The molecule has 0 saturated heterocycles. The molecule has 0 saturated carbocycles. The van der Waals surface area contributed by atoms with Crippen LogP contribution in [0.5, 0.6) is 0 Å². The number of nitrogens with one attached hydrogen (secondary N) is 2. The summed E-state index contributed by atoms with van der Waals surface area (Å²) in [5.41, 5.74) is 0. The zero-order chi connectivity index (χ0) is 11.9. The molecule has 0 aromatic carbocycles. The third kappa shape index (κ3) is 7.11. The molecule has 3 N–H and O–H groups in total. The Morgan fingerprint density at radius 3 is 1.67 bits per heavy atom. The number of amides is 2. The topological polar surface area (TPSA) is 95.5 Å². The lowest BCUT2D eigenvalue weighted by molar-refractivity contribution is -0.120. The van der Waals surface area contributed by atoms with Gasteiger partial charge in [0, 0.05) is 39.3 Å². The van der Waals surface area contributed by atoms with E-state index in [9.17, 15) is 19.0 Å². The van der Waals surface area contributed by atoms with Crippen molar-refractivity contribution in [2.75, 3.05) is 26.4 Å². The lowest BCUT2D eigenvalue weighted by atomic mass is 10.4. The minimum atomic E-state index is -3.35. The standard InChI is InChI=1S/C8H17N2O4P/c1-9-7(11)3-5-15(13,14)6-4-8(12)10-2/h3-6H2,1-2H3,(H,9,11)(H,10,12)(H,13,14). The molecule has 2 amide bonds. The fraction of sp³-hybridized carbons (Fsp3) is 0.750. The van der Waals surface area contributed by atoms with Crippen LogP contribution in [-0.4, -0.2) is 43.1 Å². The highest BCUT2D eigenvalue weighted by Crippen LogP contribution is 2.41. The van der Waals surface area contributed by atoms with Crippen LogP contribution >= 0.6 is 7.37 Å². The lowest BCUT2D eigenvalue weighted by Crippen LogP contribution is -2.20. The molecule has 0 aliphatic carbocycles. The van der Waals surface area contributed by atoms with E-state index in [0.29, 0.717) is 0 Å². The van der Waals surface area contributed by atoms with E-state index in [4.69, 9.17) is 0 Å². The van der Waals surface area contributed by atoms with E-state index in [1.165, 1.54) is 14.1 Å². The first-order chi connectivity index (χ1) is 6.91. The van der Waals surface area contributed by atoms with E-state index in [0.717, 1.165) is 0 Å². The monoisotopic (exact) mass is 236 g/mol. The maximum Gasteiger partial charge on any atom is 0.220 e. The van der Waals surface area contributed by atoms with Gasteiger partial charge in [-0.1, -0.05) is 0 Å². The highest BCUT2D eigenvalue weighted by atomic mass is 31.2. The Hall–Kier alpha value is -0.870. The van der Waals surface area contributed by atoms with Gasteiger partial charge < -0.3 is 15.5 Å². The summed E-state index contributed by atoms with van der Waals surface area (Å²) in [6.07, 6.45) is -0.136. The van der Waals surface area contributed by atoms with Gasteiger partial charge in [-0.2, -0.15) is 0 Å². The Morgan fingerprint density at radius 2 is 1.40 bits per heavy atom. The van der Waals surface area contributed by atoms with Crippen molar-refractivity contribution >= 4 is 19.2 Å². The zero-order valence-electron chi connectivity index (χ0n) is 8.95. The van der Waals surface area contributed by atoms with Crippen LogP contribution in [0, 0.1) is 0 Å². The predicted molar refractivity (Wildman–Crippen MR) is 56.9 cm³/mol. The first-order valence-electron chi connectivity index (χ1n) is 4.63. The second-order valence-electron chi connectivity index (χ2n) is 3.14. The minimum absolute atomic E-state index is 0.0119. The SMILES string of the molecule is CNC(=O)CCP(=O)(O)CCC(=O)NC. The quantitative estimate of drug-likeness (QED) is 0.543. The molecule has 15 heavy (non-hydrogen) atoms. The molecule has 0 radical (unpaired) electrons. The van der Waals surface area contributed by atoms with E-state index in [-0.39, 0.29) is 37.0 Å². The maximum atomic E-state index is 11.5. The van der Waals surface area contributed by atoms with E-state index in [1.54, 1.807) is 0 Å². The molecule has 0 aromatic heterocycles. The van der Waals surface area contributed by atoms with Crippen LogP contribution in [0.25, 0.3) is 0 Å². The number of carbonyl (C=O) groups excluding carboxylic acids is 2. The second-order valence-corrected chi connectivity index (χ2v) is 5.73. The van der Waals surface area contributed by atoms with Crippen molar-refractivity contribution < 1.29 is 19.0 Å². The molecular weight excluding hydrogens is 219 g/mol. The normalized spacial score (nSPS) is 10.9. The molecule has 0 spiro atoms. The Bertz CT molecular complexity index is 256. The number of hydrogen-bond donors (Lipinski definition) is 3. The molecule has 0 aromatic rings. The molecule has 0 rings (SSSR count). The van der Waals surface area contributed by atoms with Crippen LogP contribution in [-0.2, 0) is 14.2 Å². The van der Waals surface area contributed by atoms with Gasteiger partial charge in [-0.05, 0) is 0 Å². The van der Waals surface area contributed by atoms with Crippen LogP contribution < -0.4 is 10.6 Å². The van der Waals surface area contributed by atoms with E-state index in [1.807, 2.05) is 0 Å². The van der Waals surface area contributed by atoms with Gasteiger partial charge in [0.05, 0.1) is 0 Å². The fourth-order valence-corrected chi connectivity index (χ4v) is 2.24. The van der Waals surface area contributed by atoms with Crippen molar-refractivity contribution in [3.8, 4) is 0 Å². The smallest absolute Gasteiger partial charge is 0.220 e. The Balaban J connectivity index is 3.92. The Labute approximate surface area is 88.9 Å². The van der Waals surface area contributed by atoms with Crippen molar-refractivity contribution in [3.05, 3.63) is 0 Å². The third-order valence-electron chi connectivity index (χ3n) is 1.93. The summed E-state index contributed by atoms with van der Waals surface area (Å²) < 4.78 is 11.5. The average molecular weight is 236 g/mol. The molecule has 0 unspecified atom stereocenters. The molecule has 7 heteroatoms. The molecule has 0 heterocycles. The number of hydrogen-bond acceptors (Lipinski definition) is 3. The molecule has 0 atom stereocenters. The van der Waals surface area contributed by atoms with Crippen LogP contribution in [0.15, 0.2) is 0 Å². The first kappa shape index (κ1) is 14.1. The van der Waals surface area contributed by atoms with Gasteiger partial charge in [0.1, 0.15) is 0 Å². The molecule has 0 aliphatic rings. The fourth-order valence-electron chi connectivity index (χ4n) is 0.914. The molecule has 0 bridgehead atoms. The average Bonchev–Trinajstić information content (AvgIpc) is 2.22. The molecule has 0 aliphatic heterocycles. The molecule has 88 valence electrons. The lowest BCUT2D eigenvalue weighted by Gasteiger charge is -2.10. The maximum absolute atomic E-state index is 11.5. The zero-order valence-corrected chi connectivity index (χ0v) is 9.84. The number of carbonyl (C=O) groups is 2. The van der Waals surface area contributed by atoms with Gasteiger partial charge in [-0.3, -0.25) is 14.2 Å². The molecule has 6 nitrogen and oxygen atoms in total.